The van der Waals surface area contributed by atoms with E-state index in [1.807, 2.05) is 12.1 Å². The van der Waals surface area contributed by atoms with E-state index in [-0.39, 0.29) is 0 Å². The molecule has 0 atom stereocenters. The minimum absolute atomic E-state index is 0.639. The van der Waals surface area contributed by atoms with Crippen LogP contribution in [0.4, 0.5) is 0 Å². The Morgan fingerprint density at radius 1 is 1.22 bits per heavy atom. The van der Waals surface area contributed by atoms with Crippen molar-refractivity contribution in [2.75, 3.05) is 12.4 Å². The van der Waals surface area contributed by atoms with Crippen molar-refractivity contribution < 1.29 is 0 Å². The minimum atomic E-state index is 0.639. The number of hydrogen-bond acceptors (Lipinski definition) is 1. The van der Waals surface area contributed by atoms with Crippen LogP contribution >= 0.6 is 34.8 Å². The van der Waals surface area contributed by atoms with Crippen LogP contribution in [0.25, 0.3) is 0 Å². The maximum Gasteiger partial charge on any atom is 0.0637 e. The molecule has 1 saturated carbocycles. The molecule has 0 heterocycles. The van der Waals surface area contributed by atoms with Crippen molar-refractivity contribution in [2.45, 2.75) is 38.3 Å². The Kier molecular flexibility index (Phi) is 5.62. The van der Waals surface area contributed by atoms with Crippen molar-refractivity contribution in [3.63, 3.8) is 0 Å². The summed E-state index contributed by atoms with van der Waals surface area (Å²) in [6.07, 6.45) is 4.95. The van der Waals surface area contributed by atoms with Gasteiger partial charge in [-0.1, -0.05) is 41.8 Å². The van der Waals surface area contributed by atoms with E-state index in [4.69, 9.17) is 34.8 Å². The molecule has 0 aromatic heterocycles. The molecule has 1 fully saturated rings. The average Bonchev–Trinajstić information content (AvgIpc) is 2.29. The first-order valence-electron chi connectivity index (χ1n) is 6.45. The van der Waals surface area contributed by atoms with Gasteiger partial charge in [0.25, 0.3) is 0 Å². The van der Waals surface area contributed by atoms with Crippen molar-refractivity contribution in [3.8, 4) is 0 Å². The van der Waals surface area contributed by atoms with Crippen LogP contribution in [0.3, 0.4) is 0 Å². The Morgan fingerprint density at radius 2 is 2.00 bits per heavy atom. The second-order valence-electron chi connectivity index (χ2n) is 4.81. The van der Waals surface area contributed by atoms with Crippen LogP contribution in [0.5, 0.6) is 0 Å². The molecule has 1 aliphatic carbocycles. The van der Waals surface area contributed by atoms with Gasteiger partial charge in [0.05, 0.1) is 10.0 Å². The summed E-state index contributed by atoms with van der Waals surface area (Å²) < 4.78 is 0. The van der Waals surface area contributed by atoms with Crippen molar-refractivity contribution in [2.24, 2.45) is 0 Å². The zero-order chi connectivity index (χ0) is 13.0. The Labute approximate surface area is 124 Å². The van der Waals surface area contributed by atoms with E-state index >= 15 is 0 Å². The van der Waals surface area contributed by atoms with E-state index in [2.05, 4.69) is 11.0 Å². The Hall–Kier alpha value is 0.0500. The summed E-state index contributed by atoms with van der Waals surface area (Å²) in [5.41, 5.74) is 1.12. The lowest BCUT2D eigenvalue weighted by atomic mass is 9.91. The normalized spacial score (nSPS) is 16.0. The fourth-order valence-electron chi connectivity index (χ4n) is 2.29. The fraction of sp³-hybridized carbons (Fsp3) is 0.571. The molecule has 4 heteroatoms. The van der Waals surface area contributed by atoms with Crippen LogP contribution in [0.2, 0.25) is 10.0 Å². The van der Waals surface area contributed by atoms with Crippen molar-refractivity contribution in [1.82, 2.24) is 4.90 Å². The first-order valence-corrected chi connectivity index (χ1v) is 7.74. The molecule has 0 saturated heterocycles. The van der Waals surface area contributed by atoms with E-state index in [0.717, 1.165) is 25.1 Å². The summed E-state index contributed by atoms with van der Waals surface area (Å²) in [6.45, 7) is 1.91. The van der Waals surface area contributed by atoms with Gasteiger partial charge in [-0.2, -0.15) is 0 Å². The van der Waals surface area contributed by atoms with E-state index in [9.17, 15) is 0 Å². The topological polar surface area (TPSA) is 3.24 Å². The number of nitrogens with zero attached hydrogens (tertiary/aromatic N) is 1. The van der Waals surface area contributed by atoms with E-state index in [1.54, 1.807) is 0 Å². The SMILES string of the molecule is ClCCCN(Cc1cccc(Cl)c1Cl)C1CCC1. The largest absolute Gasteiger partial charge is 0.296 e. The van der Waals surface area contributed by atoms with Crippen molar-refractivity contribution in [3.05, 3.63) is 33.8 Å². The van der Waals surface area contributed by atoms with Gasteiger partial charge in [-0.3, -0.25) is 4.90 Å². The zero-order valence-corrected chi connectivity index (χ0v) is 12.6. The minimum Gasteiger partial charge on any atom is -0.296 e. The summed E-state index contributed by atoms with van der Waals surface area (Å²) in [6, 6.07) is 6.55. The van der Waals surface area contributed by atoms with Gasteiger partial charge in [0.1, 0.15) is 0 Å². The lowest BCUT2D eigenvalue weighted by Crippen LogP contribution is -2.40. The standard InChI is InChI=1S/C14H18Cl3N/c15-8-3-9-18(12-5-2-6-12)10-11-4-1-7-13(16)14(11)17/h1,4,7,12H,2-3,5-6,8-10H2. The molecule has 0 amide bonds. The third-order valence-electron chi connectivity index (χ3n) is 3.58. The highest BCUT2D eigenvalue weighted by atomic mass is 35.5. The number of benzene rings is 1. The maximum absolute atomic E-state index is 6.25. The molecule has 1 aromatic carbocycles. The van der Waals surface area contributed by atoms with Gasteiger partial charge in [-0.25, -0.2) is 0 Å². The Bertz CT molecular complexity index is 391. The highest BCUT2D eigenvalue weighted by Crippen LogP contribution is 2.30. The van der Waals surface area contributed by atoms with Crippen LogP contribution in [-0.4, -0.2) is 23.4 Å². The second kappa shape index (κ2) is 7.00. The third kappa shape index (κ3) is 3.54. The highest BCUT2D eigenvalue weighted by molar-refractivity contribution is 6.42. The van der Waals surface area contributed by atoms with Crippen molar-refractivity contribution in [1.29, 1.82) is 0 Å². The average molecular weight is 307 g/mol. The molecule has 0 N–H and O–H groups in total. The fourth-order valence-corrected chi connectivity index (χ4v) is 2.79. The van der Waals surface area contributed by atoms with E-state index in [1.165, 1.54) is 19.3 Å². The quantitative estimate of drug-likeness (QED) is 0.670. The maximum atomic E-state index is 6.25. The molecule has 2 rings (SSSR count). The van der Waals surface area contributed by atoms with Gasteiger partial charge in [0.15, 0.2) is 0 Å². The Morgan fingerprint density at radius 3 is 2.61 bits per heavy atom. The first kappa shape index (κ1) is 14.5. The third-order valence-corrected chi connectivity index (χ3v) is 4.70. The smallest absolute Gasteiger partial charge is 0.0637 e. The van der Waals surface area contributed by atoms with Gasteiger partial charge < -0.3 is 0 Å². The summed E-state index contributed by atoms with van der Waals surface area (Å²) in [7, 11) is 0. The lowest BCUT2D eigenvalue weighted by molar-refractivity contribution is 0.120. The number of halogens is 3. The van der Waals surface area contributed by atoms with Crippen LogP contribution in [-0.2, 0) is 6.54 Å². The van der Waals surface area contributed by atoms with Gasteiger partial charge in [-0.05, 0) is 37.4 Å². The van der Waals surface area contributed by atoms with E-state index < -0.39 is 0 Å². The van der Waals surface area contributed by atoms with Gasteiger partial charge >= 0.3 is 0 Å². The van der Waals surface area contributed by atoms with Gasteiger partial charge in [0, 0.05) is 18.5 Å². The van der Waals surface area contributed by atoms with Gasteiger partial charge in [0.2, 0.25) is 0 Å². The molecule has 1 nitrogen and oxygen atoms in total. The van der Waals surface area contributed by atoms with Gasteiger partial charge in [-0.15, -0.1) is 11.6 Å². The molecular weight excluding hydrogens is 289 g/mol. The molecule has 100 valence electrons. The highest BCUT2D eigenvalue weighted by Gasteiger charge is 2.25. The number of rotatable bonds is 6. The molecule has 18 heavy (non-hydrogen) atoms. The lowest BCUT2D eigenvalue weighted by Gasteiger charge is -2.37. The van der Waals surface area contributed by atoms with E-state index in [0.29, 0.717) is 22.0 Å². The van der Waals surface area contributed by atoms with Crippen LogP contribution in [0.15, 0.2) is 18.2 Å². The molecule has 1 aliphatic rings. The molecule has 0 spiro atoms. The number of alkyl halides is 1. The predicted octanol–water partition coefficient (Wildman–Crippen LogP) is 4.98. The summed E-state index contributed by atoms with van der Waals surface area (Å²) in [4.78, 5) is 2.49. The van der Waals surface area contributed by atoms with Crippen LogP contribution in [0.1, 0.15) is 31.2 Å². The van der Waals surface area contributed by atoms with Crippen LogP contribution < -0.4 is 0 Å². The molecule has 1 aromatic rings. The summed E-state index contributed by atoms with van der Waals surface area (Å²) in [5, 5.41) is 1.33. The molecular formula is C14H18Cl3N. The zero-order valence-electron chi connectivity index (χ0n) is 10.3. The summed E-state index contributed by atoms with van der Waals surface area (Å²) >= 11 is 18.1. The van der Waals surface area contributed by atoms with Crippen LogP contribution in [0, 0.1) is 0 Å². The molecule has 0 radical (unpaired) electrons. The monoisotopic (exact) mass is 305 g/mol. The summed E-state index contributed by atoms with van der Waals surface area (Å²) in [5.74, 6) is 0.715. The second-order valence-corrected chi connectivity index (χ2v) is 5.97. The first-order chi connectivity index (χ1) is 8.72. The van der Waals surface area contributed by atoms with Crippen molar-refractivity contribution >= 4 is 34.8 Å². The molecule has 0 unspecified atom stereocenters. The number of hydrogen-bond donors (Lipinski definition) is 0. The predicted molar refractivity (Wildman–Crippen MR) is 79.8 cm³/mol. The molecule has 0 bridgehead atoms. The molecule has 0 aliphatic heterocycles. The Balaban J connectivity index is 2.04.